The van der Waals surface area contributed by atoms with Crippen LogP contribution in [0.2, 0.25) is 0 Å². The zero-order valence-electron chi connectivity index (χ0n) is 37.7. The Bertz CT molecular complexity index is 3200. The third kappa shape index (κ3) is 4.62. The van der Waals surface area contributed by atoms with Gasteiger partial charge in [0.2, 0.25) is 0 Å². The van der Waals surface area contributed by atoms with Crippen molar-refractivity contribution in [3.8, 4) is 50.5 Å². The Morgan fingerprint density at radius 1 is 0.426 bits per heavy atom. The number of aromatic nitrogens is 2. The molecule has 220 valence electrons. The van der Waals surface area contributed by atoms with Crippen molar-refractivity contribution in [3.63, 3.8) is 0 Å². The monoisotopic (exact) mass is 611 g/mol. The molecule has 0 fully saturated rings. The van der Waals surface area contributed by atoms with Gasteiger partial charge in [-0.3, -0.25) is 4.57 Å². The maximum Gasteiger partial charge on any atom is 0.145 e. The van der Waals surface area contributed by atoms with E-state index in [4.69, 9.17) is 17.3 Å². The summed E-state index contributed by atoms with van der Waals surface area (Å²) in [7, 11) is 0. The summed E-state index contributed by atoms with van der Waals surface area (Å²) in [6.07, 6.45) is 0. The number of para-hydroxylation sites is 2. The molecule has 1 aromatic heterocycles. The number of nitrogens with zero attached hydrogens (tertiary/aromatic N) is 2. The van der Waals surface area contributed by atoms with Crippen LogP contribution in [-0.2, 0) is 0 Å². The van der Waals surface area contributed by atoms with Crippen LogP contribution in [0, 0.1) is 0 Å². The Balaban J connectivity index is 1.44. The van der Waals surface area contributed by atoms with Crippen LogP contribution in [0.4, 0.5) is 0 Å². The van der Waals surface area contributed by atoms with Gasteiger partial charge in [-0.1, -0.05) is 151 Å². The topological polar surface area (TPSA) is 17.8 Å². The number of fused-ring (bicyclic) bond motifs is 3. The van der Waals surface area contributed by atoms with Gasteiger partial charge in [-0.25, -0.2) is 4.98 Å². The molecule has 8 aromatic carbocycles. The van der Waals surface area contributed by atoms with E-state index in [0.29, 0.717) is 17.1 Å². The quantitative estimate of drug-likeness (QED) is 0.177. The predicted molar refractivity (Wildman–Crippen MR) is 198 cm³/mol. The fourth-order valence-electron chi connectivity index (χ4n) is 6.30. The highest BCUT2D eigenvalue weighted by molar-refractivity contribution is 6.21. The minimum absolute atomic E-state index is 0.0117. The number of benzene rings is 8. The zero-order valence-corrected chi connectivity index (χ0v) is 24.7. The van der Waals surface area contributed by atoms with Crippen LogP contribution in [0.15, 0.2) is 182 Å². The van der Waals surface area contributed by atoms with Crippen LogP contribution in [0.3, 0.4) is 0 Å². The van der Waals surface area contributed by atoms with Gasteiger partial charge < -0.3 is 0 Å². The first-order valence-corrected chi connectivity index (χ1v) is 15.0. The molecule has 47 heavy (non-hydrogen) atoms. The summed E-state index contributed by atoms with van der Waals surface area (Å²) >= 11 is 0. The van der Waals surface area contributed by atoms with Gasteiger partial charge in [0.25, 0.3) is 0 Å². The molecular weight excluding hydrogens is 569 g/mol. The summed E-state index contributed by atoms with van der Waals surface area (Å²) < 4.78 is 117. The first-order chi connectivity index (χ1) is 28.7. The third-order valence-corrected chi connectivity index (χ3v) is 8.30. The van der Waals surface area contributed by atoms with Gasteiger partial charge in [0.05, 0.1) is 28.9 Å². The summed E-state index contributed by atoms with van der Waals surface area (Å²) in [5.74, 6) is 0.641. The molecule has 9 aromatic rings. The number of hydrogen-bond acceptors (Lipinski definition) is 1. The van der Waals surface area contributed by atoms with E-state index in [0.717, 1.165) is 16.6 Å². The highest BCUT2D eigenvalue weighted by Gasteiger charge is 2.19. The number of hydrogen-bond donors (Lipinski definition) is 0. The normalized spacial score (nSPS) is 15.3. The van der Waals surface area contributed by atoms with Gasteiger partial charge in [0.1, 0.15) is 5.82 Å². The summed E-state index contributed by atoms with van der Waals surface area (Å²) in [6.45, 7) is 0. The van der Waals surface area contributed by atoms with Gasteiger partial charge in [0, 0.05) is 11.3 Å². The molecule has 0 bridgehead atoms. The Morgan fingerprint density at radius 2 is 0.957 bits per heavy atom. The molecule has 0 unspecified atom stereocenters. The molecule has 0 saturated heterocycles. The molecule has 0 radical (unpaired) electrons. The molecule has 0 aliphatic heterocycles. The first kappa shape index (κ1) is 16.9. The van der Waals surface area contributed by atoms with Gasteiger partial charge in [-0.15, -0.1) is 0 Å². The molecule has 0 aliphatic rings. The third-order valence-electron chi connectivity index (χ3n) is 8.30. The van der Waals surface area contributed by atoms with Crippen LogP contribution in [0.1, 0.15) is 17.8 Å². The smallest absolute Gasteiger partial charge is 0.145 e. The molecule has 0 amide bonds. The van der Waals surface area contributed by atoms with Crippen LogP contribution >= 0.6 is 0 Å². The summed E-state index contributed by atoms with van der Waals surface area (Å²) in [6, 6.07) is 24.2. The van der Waals surface area contributed by atoms with E-state index in [2.05, 4.69) is 0 Å². The molecule has 0 aliphatic carbocycles. The van der Waals surface area contributed by atoms with Crippen molar-refractivity contribution in [1.29, 1.82) is 0 Å². The Morgan fingerprint density at radius 3 is 1.64 bits per heavy atom. The van der Waals surface area contributed by atoms with E-state index < -0.39 is 78.6 Å². The molecular formula is C45H30N2. The lowest BCUT2D eigenvalue weighted by molar-refractivity contribution is 1.10. The summed E-state index contributed by atoms with van der Waals surface area (Å²) in [4.78, 5) is 4.96. The van der Waals surface area contributed by atoms with Crippen molar-refractivity contribution in [2.24, 2.45) is 0 Å². The SMILES string of the molecule is [2H]c1c([2H])c([2H])c(-c2cccc(-c3c4c([2H])c([2H])c([2H])c([2H])c4c(-c4cccc(-n5c(-c6ccccc6)nc6ccccc65)c4)c4c([2H])c([2H])c([2H])c([2H])c34)c2)c([2H])c1[2H]. The molecule has 9 rings (SSSR count). The fraction of sp³-hybridized carbons (Fsp3) is 0. The average Bonchev–Trinajstić information content (AvgIpc) is 3.67. The molecule has 2 nitrogen and oxygen atoms in total. The van der Waals surface area contributed by atoms with E-state index >= 15 is 0 Å². The molecule has 0 atom stereocenters. The van der Waals surface area contributed by atoms with E-state index in [1.165, 1.54) is 6.07 Å². The summed E-state index contributed by atoms with van der Waals surface area (Å²) in [5.41, 5.74) is 3.99. The van der Waals surface area contributed by atoms with Gasteiger partial charge in [-0.2, -0.15) is 0 Å². The van der Waals surface area contributed by atoms with Crippen LogP contribution < -0.4 is 0 Å². The fourth-order valence-corrected chi connectivity index (χ4v) is 6.30. The summed E-state index contributed by atoms with van der Waals surface area (Å²) in [5, 5.41) is -0.0132. The van der Waals surface area contributed by atoms with Crippen molar-refractivity contribution >= 4 is 32.6 Å². The van der Waals surface area contributed by atoms with Crippen molar-refractivity contribution in [3.05, 3.63) is 182 Å². The number of rotatable bonds is 5. The van der Waals surface area contributed by atoms with E-state index in [9.17, 15) is 5.48 Å². The van der Waals surface area contributed by atoms with Gasteiger partial charge >= 0.3 is 0 Å². The Kier molecular flexibility index (Phi) is 4.05. The second-order valence-electron chi connectivity index (χ2n) is 11.0. The first-order valence-electron chi connectivity index (χ1n) is 21.5. The Hall–Kier alpha value is -6.25. The standard InChI is InChI=1S/C45H30N2/c1-3-15-31(16-4-1)33-19-13-20-34(29-33)43-37-23-7-9-25-39(37)44(40-26-10-8-24-38(40)43)35-21-14-22-36(30-35)47-42-28-12-11-27-41(42)46-45(47)32-17-5-2-6-18-32/h1-30H/i1D,3D,4D,7D,8D,9D,10D,15D,16D,23D,24D,25D,26D. The highest BCUT2D eigenvalue weighted by atomic mass is 15.1. The van der Waals surface area contributed by atoms with Gasteiger partial charge in [0.15, 0.2) is 0 Å². The molecule has 0 spiro atoms. The minimum atomic E-state index is -0.564. The maximum atomic E-state index is 9.41. The van der Waals surface area contributed by atoms with Crippen molar-refractivity contribution in [2.45, 2.75) is 0 Å². The largest absolute Gasteiger partial charge is 0.292 e. The van der Waals surface area contributed by atoms with E-state index in [-0.39, 0.29) is 49.4 Å². The zero-order chi connectivity index (χ0) is 42.5. The van der Waals surface area contributed by atoms with Crippen LogP contribution in [-0.4, -0.2) is 9.55 Å². The second-order valence-corrected chi connectivity index (χ2v) is 11.0. The Labute approximate surface area is 292 Å². The highest BCUT2D eigenvalue weighted by Crippen LogP contribution is 2.44. The van der Waals surface area contributed by atoms with Crippen molar-refractivity contribution < 1.29 is 17.8 Å². The molecule has 2 heteroatoms. The molecule has 0 N–H and O–H groups in total. The van der Waals surface area contributed by atoms with Crippen LogP contribution in [0.25, 0.3) is 83.0 Å². The van der Waals surface area contributed by atoms with Crippen molar-refractivity contribution in [2.75, 3.05) is 0 Å². The minimum Gasteiger partial charge on any atom is -0.292 e. The predicted octanol–water partition coefficient (Wildman–Crippen LogP) is 12.0. The number of imidazole rings is 1. The van der Waals surface area contributed by atoms with E-state index in [1.807, 2.05) is 71.3 Å². The average molecular weight is 612 g/mol. The maximum absolute atomic E-state index is 9.41. The van der Waals surface area contributed by atoms with E-state index in [1.54, 1.807) is 30.3 Å². The second kappa shape index (κ2) is 11.3. The van der Waals surface area contributed by atoms with Gasteiger partial charge in [-0.05, 0) is 85.3 Å². The lowest BCUT2D eigenvalue weighted by Gasteiger charge is -2.19. The van der Waals surface area contributed by atoms with Crippen molar-refractivity contribution in [1.82, 2.24) is 9.55 Å². The lowest BCUT2D eigenvalue weighted by Crippen LogP contribution is -1.98. The van der Waals surface area contributed by atoms with Crippen LogP contribution in [0.5, 0.6) is 0 Å². The molecule has 0 saturated carbocycles. The molecule has 1 heterocycles. The lowest BCUT2D eigenvalue weighted by atomic mass is 9.85.